The Labute approximate surface area is 266 Å². The molecule has 0 radical (unpaired) electrons. The Balaban J connectivity index is 1.37. The summed E-state index contributed by atoms with van der Waals surface area (Å²) < 4.78 is 18.1. The fraction of sp³-hybridized carbons (Fsp3) is 0.429. The molecule has 0 bridgehead atoms. The van der Waals surface area contributed by atoms with Gasteiger partial charge in [-0.2, -0.15) is 0 Å². The molecule has 0 aromatic heterocycles. The van der Waals surface area contributed by atoms with E-state index in [4.69, 9.17) is 14.2 Å². The summed E-state index contributed by atoms with van der Waals surface area (Å²) in [7, 11) is 1.02. The Bertz CT molecular complexity index is 1560. The maximum absolute atomic E-state index is 14.8. The zero-order valence-corrected chi connectivity index (χ0v) is 27.7. The first kappa shape index (κ1) is 31.3. The number of carbonyl (C=O) groups is 2. The van der Waals surface area contributed by atoms with Crippen molar-refractivity contribution in [3.05, 3.63) is 77.9 Å². The van der Waals surface area contributed by atoms with Crippen molar-refractivity contribution >= 4 is 36.4 Å². The molecule has 45 heavy (non-hydrogen) atoms. The van der Waals surface area contributed by atoms with Crippen molar-refractivity contribution < 1.29 is 28.9 Å². The minimum atomic E-state index is -2.27. The van der Waals surface area contributed by atoms with E-state index in [-0.39, 0.29) is 36.0 Å². The number of carbonyl (C=O) groups excluding carboxylic acids is 2. The number of benzene rings is 3. The van der Waals surface area contributed by atoms with Crippen LogP contribution in [-0.4, -0.2) is 71.6 Å². The fourth-order valence-corrected chi connectivity index (χ4v) is 11.9. The van der Waals surface area contributed by atoms with Gasteiger partial charge in [0.05, 0.1) is 47.2 Å². The predicted molar refractivity (Wildman–Crippen MR) is 177 cm³/mol. The third kappa shape index (κ3) is 5.23. The van der Waals surface area contributed by atoms with Gasteiger partial charge in [0.25, 0.3) is 5.91 Å². The monoisotopic (exact) mass is 629 g/mol. The van der Waals surface area contributed by atoms with Crippen LogP contribution in [0, 0.1) is 5.92 Å². The molecule has 10 heteroatoms. The van der Waals surface area contributed by atoms with Gasteiger partial charge in [0, 0.05) is 36.9 Å². The molecule has 0 aliphatic carbocycles. The van der Waals surface area contributed by atoms with Crippen LogP contribution in [0.15, 0.2) is 66.7 Å². The quantitative estimate of drug-likeness (QED) is 0.348. The standard InChI is InChI=1S/C35H43N3O6Si/c1-23-33(45(4,5)28-13-10-26(42-2)11-14-28)31(16-19-39)44-35(23)29-20-27(43-3)12-15-30(29)38(34(35)41)22-24-6-8-25(9-7-24)37-18-17-36-21-32(37)40/h6-15,20,23,31,33,36,39H,16-19,21-22H2,1-5H3/t23-,31+,33-,35+/m1/s1. The third-order valence-corrected chi connectivity index (χ3v) is 14.5. The number of piperazine rings is 1. The highest BCUT2D eigenvalue weighted by atomic mass is 28.3. The van der Waals surface area contributed by atoms with Crippen molar-refractivity contribution in [2.45, 2.75) is 50.2 Å². The van der Waals surface area contributed by atoms with Crippen LogP contribution in [0.5, 0.6) is 11.5 Å². The van der Waals surface area contributed by atoms with E-state index in [2.05, 4.69) is 37.5 Å². The molecule has 9 nitrogen and oxygen atoms in total. The van der Waals surface area contributed by atoms with Crippen molar-refractivity contribution in [2.75, 3.05) is 50.3 Å². The van der Waals surface area contributed by atoms with Gasteiger partial charge in [-0.25, -0.2) is 0 Å². The van der Waals surface area contributed by atoms with E-state index in [0.717, 1.165) is 34.8 Å². The van der Waals surface area contributed by atoms with Crippen molar-refractivity contribution in [3.63, 3.8) is 0 Å². The summed E-state index contributed by atoms with van der Waals surface area (Å²) in [5.41, 5.74) is 2.27. The first-order valence-corrected chi connectivity index (χ1v) is 18.8. The van der Waals surface area contributed by atoms with E-state index < -0.39 is 13.7 Å². The summed E-state index contributed by atoms with van der Waals surface area (Å²) in [6.07, 6.45) is 0.148. The molecule has 238 valence electrons. The van der Waals surface area contributed by atoms with Crippen LogP contribution in [0.4, 0.5) is 11.4 Å². The second-order valence-electron chi connectivity index (χ2n) is 12.8. The molecule has 3 heterocycles. The molecule has 0 saturated carbocycles. The summed E-state index contributed by atoms with van der Waals surface area (Å²) in [4.78, 5) is 30.9. The minimum Gasteiger partial charge on any atom is -0.497 e. The Morgan fingerprint density at radius 1 is 1.00 bits per heavy atom. The average molecular weight is 630 g/mol. The molecular formula is C35H43N3O6Si. The van der Waals surface area contributed by atoms with Gasteiger partial charge >= 0.3 is 0 Å². The number of ether oxygens (including phenoxy) is 3. The number of nitrogens with zero attached hydrogens (tertiary/aromatic N) is 2. The first-order valence-electron chi connectivity index (χ1n) is 15.7. The molecule has 3 aromatic carbocycles. The van der Waals surface area contributed by atoms with Gasteiger partial charge < -0.3 is 34.4 Å². The van der Waals surface area contributed by atoms with Crippen LogP contribution < -0.4 is 29.8 Å². The van der Waals surface area contributed by atoms with Gasteiger partial charge in [-0.3, -0.25) is 9.59 Å². The molecule has 2 saturated heterocycles. The number of anilines is 2. The molecule has 2 N–H and O–H groups in total. The third-order valence-electron chi connectivity index (χ3n) is 10.1. The van der Waals surface area contributed by atoms with Gasteiger partial charge in [0.15, 0.2) is 5.60 Å². The lowest BCUT2D eigenvalue weighted by molar-refractivity contribution is -0.146. The largest absolute Gasteiger partial charge is 0.497 e. The van der Waals surface area contributed by atoms with Gasteiger partial charge in [-0.15, -0.1) is 0 Å². The Hall–Kier alpha value is -3.70. The Morgan fingerprint density at radius 2 is 1.69 bits per heavy atom. The molecule has 0 unspecified atom stereocenters. The normalized spacial score (nSPS) is 24.8. The van der Waals surface area contributed by atoms with Crippen LogP contribution in [0.1, 0.15) is 24.5 Å². The fourth-order valence-electron chi connectivity index (χ4n) is 7.82. The highest BCUT2D eigenvalue weighted by molar-refractivity contribution is 6.91. The van der Waals surface area contributed by atoms with Gasteiger partial charge in [-0.05, 0) is 60.0 Å². The zero-order valence-electron chi connectivity index (χ0n) is 26.7. The van der Waals surface area contributed by atoms with E-state index >= 15 is 0 Å². The topological polar surface area (TPSA) is 101 Å². The van der Waals surface area contributed by atoms with Gasteiger partial charge in [0.2, 0.25) is 5.91 Å². The van der Waals surface area contributed by atoms with E-state index in [1.54, 1.807) is 19.1 Å². The second-order valence-corrected chi connectivity index (χ2v) is 17.5. The van der Waals surface area contributed by atoms with Gasteiger partial charge in [0.1, 0.15) is 11.5 Å². The molecule has 1 spiro atoms. The lowest BCUT2D eigenvalue weighted by Crippen LogP contribution is -2.51. The van der Waals surface area contributed by atoms with E-state index in [1.165, 1.54) is 5.19 Å². The number of hydrogen-bond acceptors (Lipinski definition) is 7. The van der Waals surface area contributed by atoms with Crippen molar-refractivity contribution in [1.82, 2.24) is 5.32 Å². The smallest absolute Gasteiger partial charge is 0.264 e. The molecule has 3 aromatic rings. The minimum absolute atomic E-state index is 0.0259. The number of hydrogen-bond donors (Lipinski definition) is 2. The molecule has 3 aliphatic heterocycles. The Morgan fingerprint density at radius 3 is 2.33 bits per heavy atom. The van der Waals surface area contributed by atoms with Crippen LogP contribution >= 0.6 is 0 Å². The molecule has 2 amide bonds. The molecular weight excluding hydrogens is 586 g/mol. The van der Waals surface area contributed by atoms with Crippen molar-refractivity contribution in [2.24, 2.45) is 5.92 Å². The average Bonchev–Trinajstić information content (AvgIpc) is 3.48. The highest BCUT2D eigenvalue weighted by Crippen LogP contribution is 2.60. The molecule has 3 aliphatic rings. The SMILES string of the molecule is COc1ccc([Si](C)(C)[C@H]2[C@H](CCO)O[C@@]3(C(=O)N(Cc4ccc(N5CCNCC5=O)cc4)c4ccc(OC)cc43)[C@@H]2C)cc1. The summed E-state index contributed by atoms with van der Waals surface area (Å²) in [5, 5.41) is 14.5. The van der Waals surface area contributed by atoms with Gasteiger partial charge in [-0.1, -0.05) is 49.5 Å². The maximum atomic E-state index is 14.8. The van der Waals surface area contributed by atoms with Crippen molar-refractivity contribution in [1.29, 1.82) is 0 Å². The van der Waals surface area contributed by atoms with Crippen LogP contribution in [0.25, 0.3) is 0 Å². The van der Waals surface area contributed by atoms with Crippen LogP contribution in [-0.2, 0) is 26.5 Å². The number of rotatable bonds is 9. The molecule has 6 rings (SSSR count). The molecule has 4 atom stereocenters. The summed E-state index contributed by atoms with van der Waals surface area (Å²) in [5.74, 6) is 1.26. The summed E-state index contributed by atoms with van der Waals surface area (Å²) in [6, 6.07) is 21.9. The highest BCUT2D eigenvalue weighted by Gasteiger charge is 2.66. The van der Waals surface area contributed by atoms with Crippen LogP contribution in [0.2, 0.25) is 18.6 Å². The number of fused-ring (bicyclic) bond motifs is 2. The Kier molecular flexibility index (Phi) is 8.51. The lowest BCUT2D eigenvalue weighted by atomic mass is 9.82. The van der Waals surface area contributed by atoms with E-state index in [0.29, 0.717) is 31.8 Å². The number of amides is 2. The number of nitrogens with one attached hydrogen (secondary N) is 1. The maximum Gasteiger partial charge on any atom is 0.264 e. The van der Waals surface area contributed by atoms with Crippen LogP contribution in [0.3, 0.4) is 0 Å². The second kappa shape index (κ2) is 12.2. The molecule has 2 fully saturated rings. The van der Waals surface area contributed by atoms with E-state index in [9.17, 15) is 14.7 Å². The van der Waals surface area contributed by atoms with Crippen molar-refractivity contribution in [3.8, 4) is 11.5 Å². The van der Waals surface area contributed by atoms with E-state index in [1.807, 2.05) is 59.5 Å². The summed E-state index contributed by atoms with van der Waals surface area (Å²) in [6.45, 7) is 8.86. The predicted octanol–water partition coefficient (Wildman–Crippen LogP) is 3.79. The first-order chi connectivity index (χ1) is 21.6. The summed E-state index contributed by atoms with van der Waals surface area (Å²) >= 11 is 0. The lowest BCUT2D eigenvalue weighted by Gasteiger charge is -2.37. The number of aliphatic hydroxyl groups is 1. The zero-order chi connectivity index (χ0) is 31.9. The number of aliphatic hydroxyl groups excluding tert-OH is 1. The number of methoxy groups -OCH3 is 2.